The minimum absolute atomic E-state index is 0.231. The topological polar surface area (TPSA) is 69.7 Å². The highest BCUT2D eigenvalue weighted by molar-refractivity contribution is 9.10. The quantitative estimate of drug-likeness (QED) is 0.695. The zero-order valence-corrected chi connectivity index (χ0v) is 17.7. The van der Waals surface area contributed by atoms with Gasteiger partial charge >= 0.3 is 6.03 Å². The standard InChI is InChI=1S/C22H17BrFN3O3/c1-26-20-17(21(29)27(2)22(26)30)15(13-9-10(23)7-8-14(13)24)16-18(25-20)11-5-3-4-6-12(11)19(16)28/h3-9,15,17,20,25H,1-2H3. The van der Waals surface area contributed by atoms with Gasteiger partial charge in [0.2, 0.25) is 5.91 Å². The predicted octanol–water partition coefficient (Wildman–Crippen LogP) is 3.35. The number of halogens is 2. The number of nitrogens with zero attached hydrogens (tertiary/aromatic N) is 2. The molecule has 0 spiro atoms. The van der Waals surface area contributed by atoms with Crippen LogP contribution in [-0.2, 0) is 4.79 Å². The van der Waals surface area contributed by atoms with Crippen LogP contribution in [0.5, 0.6) is 0 Å². The summed E-state index contributed by atoms with van der Waals surface area (Å²) in [6, 6.07) is 11.2. The maximum Gasteiger partial charge on any atom is 0.327 e. The van der Waals surface area contributed by atoms with E-state index >= 15 is 4.39 Å². The molecule has 152 valence electrons. The lowest BCUT2D eigenvalue weighted by Gasteiger charge is -2.48. The molecule has 2 heterocycles. The second kappa shape index (κ2) is 6.50. The van der Waals surface area contributed by atoms with E-state index in [1.54, 1.807) is 31.3 Å². The van der Waals surface area contributed by atoms with Gasteiger partial charge in [0.25, 0.3) is 0 Å². The summed E-state index contributed by atoms with van der Waals surface area (Å²) in [5, 5.41) is 3.25. The highest BCUT2D eigenvalue weighted by Crippen LogP contribution is 2.49. The van der Waals surface area contributed by atoms with Gasteiger partial charge in [0.05, 0.1) is 11.6 Å². The average Bonchev–Trinajstić information content (AvgIpc) is 3.03. The largest absolute Gasteiger partial charge is 0.364 e. The van der Waals surface area contributed by atoms with Gasteiger partial charge in [-0.05, 0) is 23.8 Å². The van der Waals surface area contributed by atoms with Gasteiger partial charge in [-0.15, -0.1) is 0 Å². The van der Waals surface area contributed by atoms with Gasteiger partial charge in [-0.1, -0.05) is 40.2 Å². The second-order valence-electron chi connectivity index (χ2n) is 7.71. The summed E-state index contributed by atoms with van der Waals surface area (Å²) in [5.41, 5.74) is 2.36. The number of allylic oxidation sites excluding steroid dienone is 1. The Kier molecular flexibility index (Phi) is 4.12. The van der Waals surface area contributed by atoms with Crippen LogP contribution in [0.15, 0.2) is 52.5 Å². The van der Waals surface area contributed by atoms with Crippen molar-refractivity contribution in [3.63, 3.8) is 0 Å². The molecule has 0 aromatic heterocycles. The van der Waals surface area contributed by atoms with E-state index in [0.717, 1.165) is 4.90 Å². The maximum atomic E-state index is 15.0. The molecule has 8 heteroatoms. The summed E-state index contributed by atoms with van der Waals surface area (Å²) < 4.78 is 15.7. The Hall–Kier alpha value is -3.00. The molecule has 3 amide bonds. The van der Waals surface area contributed by atoms with E-state index in [4.69, 9.17) is 0 Å². The Labute approximate surface area is 180 Å². The van der Waals surface area contributed by atoms with Crippen LogP contribution >= 0.6 is 15.9 Å². The molecule has 3 aliphatic rings. The first kappa shape index (κ1) is 19.0. The number of fused-ring (bicyclic) bond motifs is 3. The van der Waals surface area contributed by atoms with Crippen molar-refractivity contribution in [3.05, 3.63) is 75.0 Å². The van der Waals surface area contributed by atoms with Crippen LogP contribution in [0.4, 0.5) is 9.18 Å². The molecule has 2 aromatic rings. The summed E-state index contributed by atoms with van der Waals surface area (Å²) in [7, 11) is 3.00. The van der Waals surface area contributed by atoms with Crippen molar-refractivity contribution >= 4 is 39.3 Å². The lowest BCUT2D eigenvalue weighted by molar-refractivity contribution is -0.138. The van der Waals surface area contributed by atoms with Crippen LogP contribution in [0.1, 0.15) is 27.4 Å². The Bertz CT molecular complexity index is 1180. The molecule has 30 heavy (non-hydrogen) atoms. The number of rotatable bonds is 1. The Morgan fingerprint density at radius 1 is 1.03 bits per heavy atom. The molecular formula is C22H17BrFN3O3. The van der Waals surface area contributed by atoms with Crippen LogP contribution in [-0.4, -0.2) is 47.8 Å². The van der Waals surface area contributed by atoms with Gasteiger partial charge in [-0.2, -0.15) is 0 Å². The molecule has 0 bridgehead atoms. The molecule has 2 aromatic carbocycles. The highest BCUT2D eigenvalue weighted by atomic mass is 79.9. The zero-order chi connectivity index (χ0) is 21.3. The van der Waals surface area contributed by atoms with Gasteiger partial charge in [0, 0.05) is 41.2 Å². The maximum absolute atomic E-state index is 15.0. The first-order chi connectivity index (χ1) is 14.3. The number of hydrogen-bond donors (Lipinski definition) is 1. The minimum atomic E-state index is -0.849. The first-order valence-electron chi connectivity index (χ1n) is 9.45. The monoisotopic (exact) mass is 469 g/mol. The molecule has 2 aliphatic heterocycles. The van der Waals surface area contributed by atoms with Gasteiger partial charge < -0.3 is 10.2 Å². The van der Waals surface area contributed by atoms with Crippen LogP contribution in [0.3, 0.4) is 0 Å². The lowest BCUT2D eigenvalue weighted by atomic mass is 9.73. The fourth-order valence-corrected chi connectivity index (χ4v) is 5.12. The highest BCUT2D eigenvalue weighted by Gasteiger charge is 2.55. The number of carbonyl (C=O) groups excluding carboxylic acids is 3. The third-order valence-corrected chi connectivity index (χ3v) is 6.67. The van der Waals surface area contributed by atoms with E-state index in [0.29, 0.717) is 26.9 Å². The van der Waals surface area contributed by atoms with E-state index in [2.05, 4.69) is 21.2 Å². The summed E-state index contributed by atoms with van der Waals surface area (Å²) in [6.45, 7) is 0. The summed E-state index contributed by atoms with van der Waals surface area (Å²) in [4.78, 5) is 41.7. The number of imide groups is 1. The second-order valence-corrected chi connectivity index (χ2v) is 8.63. The molecule has 1 fully saturated rings. The molecule has 3 atom stereocenters. The number of Topliss-reactive ketones (excluding diaryl/α,β-unsaturated/α-hetero) is 1. The molecular weight excluding hydrogens is 453 g/mol. The first-order valence-corrected chi connectivity index (χ1v) is 10.2. The van der Waals surface area contributed by atoms with Crippen LogP contribution < -0.4 is 5.32 Å². The Balaban J connectivity index is 1.79. The van der Waals surface area contributed by atoms with Gasteiger partial charge in [0.1, 0.15) is 12.0 Å². The Morgan fingerprint density at radius 3 is 2.47 bits per heavy atom. The predicted molar refractivity (Wildman–Crippen MR) is 111 cm³/mol. The van der Waals surface area contributed by atoms with E-state index < -0.39 is 35.8 Å². The van der Waals surface area contributed by atoms with E-state index in [9.17, 15) is 14.4 Å². The van der Waals surface area contributed by atoms with Crippen molar-refractivity contribution in [1.82, 2.24) is 15.1 Å². The van der Waals surface area contributed by atoms with Crippen molar-refractivity contribution in [3.8, 4) is 0 Å². The molecule has 5 rings (SSSR count). The van der Waals surface area contributed by atoms with E-state index in [1.165, 1.54) is 18.0 Å². The molecule has 0 saturated carbocycles. The Morgan fingerprint density at radius 2 is 1.73 bits per heavy atom. The lowest BCUT2D eigenvalue weighted by Crippen LogP contribution is -2.66. The average molecular weight is 470 g/mol. The number of nitrogens with one attached hydrogen (secondary N) is 1. The van der Waals surface area contributed by atoms with Gasteiger partial charge in [-0.3, -0.25) is 14.5 Å². The fourth-order valence-electron chi connectivity index (χ4n) is 4.75. The number of carbonyl (C=O) groups is 3. The molecule has 3 unspecified atom stereocenters. The number of benzene rings is 2. The van der Waals surface area contributed by atoms with E-state index in [-0.39, 0.29) is 11.3 Å². The molecule has 1 N–H and O–H groups in total. The SMILES string of the molecule is CN1C(=O)C2C(c3cc(Br)ccc3F)C3=C(NC2N(C)C1=O)c1ccccc1C3=O. The molecule has 0 radical (unpaired) electrons. The van der Waals surface area contributed by atoms with Crippen molar-refractivity contribution in [2.75, 3.05) is 14.1 Å². The van der Waals surface area contributed by atoms with Crippen molar-refractivity contribution in [2.45, 2.75) is 12.1 Å². The smallest absolute Gasteiger partial charge is 0.327 e. The molecule has 1 aliphatic carbocycles. The fraction of sp³-hybridized carbons (Fsp3) is 0.227. The summed E-state index contributed by atoms with van der Waals surface area (Å²) >= 11 is 3.37. The minimum Gasteiger partial charge on any atom is -0.364 e. The van der Waals surface area contributed by atoms with Gasteiger partial charge in [-0.25, -0.2) is 9.18 Å². The van der Waals surface area contributed by atoms with Crippen LogP contribution in [0.25, 0.3) is 5.70 Å². The molecule has 6 nitrogen and oxygen atoms in total. The molecule has 1 saturated heterocycles. The number of urea groups is 1. The summed E-state index contributed by atoms with van der Waals surface area (Å²) in [6.07, 6.45) is -0.706. The zero-order valence-electron chi connectivity index (χ0n) is 16.1. The van der Waals surface area contributed by atoms with Crippen LogP contribution in [0, 0.1) is 11.7 Å². The van der Waals surface area contributed by atoms with Crippen molar-refractivity contribution in [1.29, 1.82) is 0 Å². The number of ketones is 1. The normalized spacial score (nSPS) is 25.2. The van der Waals surface area contributed by atoms with Crippen molar-refractivity contribution in [2.24, 2.45) is 5.92 Å². The number of hydrogen-bond acceptors (Lipinski definition) is 4. The van der Waals surface area contributed by atoms with Crippen molar-refractivity contribution < 1.29 is 18.8 Å². The summed E-state index contributed by atoms with van der Waals surface area (Å²) in [5.74, 6) is -2.87. The third-order valence-electron chi connectivity index (χ3n) is 6.17. The number of amides is 3. The third kappa shape index (κ3) is 2.43. The van der Waals surface area contributed by atoms with Crippen LogP contribution in [0.2, 0.25) is 0 Å². The van der Waals surface area contributed by atoms with Gasteiger partial charge in [0.15, 0.2) is 5.78 Å². The van der Waals surface area contributed by atoms with E-state index in [1.807, 2.05) is 12.1 Å².